The third-order valence-electron chi connectivity index (χ3n) is 5.85. The zero-order valence-electron chi connectivity index (χ0n) is 17.3. The number of methoxy groups -OCH3 is 1. The number of hydrogen-bond acceptors (Lipinski definition) is 4. The van der Waals surface area contributed by atoms with Gasteiger partial charge in [0, 0.05) is 37.7 Å². The van der Waals surface area contributed by atoms with Gasteiger partial charge >= 0.3 is 11.9 Å². The molecule has 7 nitrogen and oxygen atoms in total. The summed E-state index contributed by atoms with van der Waals surface area (Å²) in [7, 11) is 1.57. The van der Waals surface area contributed by atoms with Crippen molar-refractivity contribution in [1.29, 1.82) is 0 Å². The summed E-state index contributed by atoms with van der Waals surface area (Å²) in [6.07, 6.45) is -1.04. The molecule has 1 aromatic heterocycles. The van der Waals surface area contributed by atoms with E-state index in [0.29, 0.717) is 32.1 Å². The maximum atomic E-state index is 12.9. The normalized spacial score (nSPS) is 19.6. The molecule has 4 rings (SSSR count). The molecule has 1 aliphatic heterocycles. The topological polar surface area (TPSA) is 69.4 Å². The fraction of sp³-hybridized carbons (Fsp3) is 0.571. The number of alkyl halides is 3. The molecule has 1 aromatic carbocycles. The van der Waals surface area contributed by atoms with E-state index in [-0.39, 0.29) is 29.1 Å². The number of piperidine rings is 1. The minimum absolute atomic E-state index is 0.0933. The molecule has 2 aromatic rings. The maximum Gasteiger partial charge on any atom is 0.416 e. The van der Waals surface area contributed by atoms with Crippen molar-refractivity contribution in [3.63, 3.8) is 0 Å². The Kier molecular flexibility index (Phi) is 5.92. The van der Waals surface area contributed by atoms with Gasteiger partial charge in [0.05, 0.1) is 18.7 Å². The lowest BCUT2D eigenvalue weighted by Gasteiger charge is -2.32. The van der Waals surface area contributed by atoms with Crippen LogP contribution in [-0.4, -0.2) is 52.0 Å². The Morgan fingerprint density at radius 3 is 2.52 bits per heavy atom. The van der Waals surface area contributed by atoms with Crippen molar-refractivity contribution in [2.24, 2.45) is 0 Å². The second-order valence-electron chi connectivity index (χ2n) is 8.12. The summed E-state index contributed by atoms with van der Waals surface area (Å²) in [5.74, 6) is 0.287. The third-order valence-corrected chi connectivity index (χ3v) is 5.85. The van der Waals surface area contributed by atoms with Gasteiger partial charge in [0.25, 0.3) is 5.91 Å². The van der Waals surface area contributed by atoms with Crippen LogP contribution in [0.2, 0.25) is 0 Å². The fourth-order valence-corrected chi connectivity index (χ4v) is 4.07. The monoisotopic (exact) mass is 438 g/mol. The largest absolute Gasteiger partial charge is 0.416 e. The molecule has 0 N–H and O–H groups in total. The highest BCUT2D eigenvalue weighted by atomic mass is 19.4. The molecule has 168 valence electrons. The first-order valence-electron chi connectivity index (χ1n) is 10.4. The summed E-state index contributed by atoms with van der Waals surface area (Å²) in [5, 5.41) is 4.56. The standard InChI is InChI=1S/C21H25F3N4O3/c1-31-12-11-27-20(30)28(17-8-9-17)18(25-27)15-3-2-10-26(13-15)19(29)14-4-6-16(7-5-14)21(22,23)24/h4-7,15,17H,2-3,8-13H2,1H3. The minimum atomic E-state index is -4.44. The van der Waals surface area contributed by atoms with E-state index in [4.69, 9.17) is 4.74 Å². The molecule has 2 heterocycles. The van der Waals surface area contributed by atoms with Crippen LogP contribution >= 0.6 is 0 Å². The van der Waals surface area contributed by atoms with Gasteiger partial charge in [0.2, 0.25) is 0 Å². The number of likely N-dealkylation sites (tertiary alicyclic amines) is 1. The van der Waals surface area contributed by atoms with Crippen molar-refractivity contribution >= 4 is 5.91 Å². The lowest BCUT2D eigenvalue weighted by Crippen LogP contribution is -2.40. The van der Waals surface area contributed by atoms with Gasteiger partial charge in [0.1, 0.15) is 5.82 Å². The number of hydrogen-bond donors (Lipinski definition) is 0. The molecule has 0 spiro atoms. The number of benzene rings is 1. The Hall–Kier alpha value is -2.62. The quantitative estimate of drug-likeness (QED) is 0.695. The van der Waals surface area contributed by atoms with Gasteiger partial charge in [-0.25, -0.2) is 9.48 Å². The van der Waals surface area contributed by atoms with Crippen molar-refractivity contribution in [3.8, 4) is 0 Å². The van der Waals surface area contributed by atoms with Gasteiger partial charge in [-0.05, 0) is 49.9 Å². The first-order valence-corrected chi connectivity index (χ1v) is 10.4. The molecule has 0 bridgehead atoms. The molecule has 2 fully saturated rings. The Morgan fingerprint density at radius 2 is 1.90 bits per heavy atom. The van der Waals surface area contributed by atoms with E-state index in [0.717, 1.165) is 37.8 Å². The van der Waals surface area contributed by atoms with E-state index in [9.17, 15) is 22.8 Å². The molecule has 1 saturated heterocycles. The smallest absolute Gasteiger partial charge is 0.383 e. The lowest BCUT2D eigenvalue weighted by atomic mass is 9.96. The van der Waals surface area contributed by atoms with Crippen LogP contribution in [0.3, 0.4) is 0 Å². The summed E-state index contributed by atoms with van der Waals surface area (Å²) >= 11 is 0. The minimum Gasteiger partial charge on any atom is -0.383 e. The number of carbonyl (C=O) groups is 1. The van der Waals surface area contributed by atoms with Crippen molar-refractivity contribution in [2.75, 3.05) is 26.8 Å². The van der Waals surface area contributed by atoms with Gasteiger partial charge in [-0.15, -0.1) is 0 Å². The number of aromatic nitrogens is 3. The van der Waals surface area contributed by atoms with Gasteiger partial charge in [-0.1, -0.05) is 0 Å². The van der Waals surface area contributed by atoms with Gasteiger partial charge in [-0.3, -0.25) is 9.36 Å². The van der Waals surface area contributed by atoms with Crippen molar-refractivity contribution in [1.82, 2.24) is 19.2 Å². The van der Waals surface area contributed by atoms with Gasteiger partial charge in [-0.2, -0.15) is 18.3 Å². The summed E-state index contributed by atoms with van der Waals surface area (Å²) in [5.41, 5.74) is -0.713. The predicted octanol–water partition coefficient (Wildman–Crippen LogP) is 3.06. The third kappa shape index (κ3) is 4.53. The van der Waals surface area contributed by atoms with Crippen molar-refractivity contribution in [3.05, 3.63) is 51.7 Å². The zero-order valence-corrected chi connectivity index (χ0v) is 17.3. The number of rotatable bonds is 6. The van der Waals surface area contributed by atoms with Crippen LogP contribution in [0.4, 0.5) is 13.2 Å². The summed E-state index contributed by atoms with van der Waals surface area (Å²) in [6, 6.07) is 4.44. The Morgan fingerprint density at radius 1 is 1.19 bits per heavy atom. The summed E-state index contributed by atoms with van der Waals surface area (Å²) < 4.78 is 46.6. The van der Waals surface area contributed by atoms with Crippen LogP contribution in [0, 0.1) is 0 Å². The van der Waals surface area contributed by atoms with Crippen LogP contribution in [-0.2, 0) is 17.5 Å². The molecule has 31 heavy (non-hydrogen) atoms. The number of amides is 1. The molecule has 2 aliphatic rings. The highest BCUT2D eigenvalue weighted by Crippen LogP contribution is 2.37. The molecular weight excluding hydrogens is 413 g/mol. The Labute approximate surface area is 177 Å². The van der Waals surface area contributed by atoms with E-state index < -0.39 is 11.7 Å². The van der Waals surface area contributed by atoms with E-state index in [1.165, 1.54) is 16.8 Å². The molecule has 10 heteroatoms. The maximum absolute atomic E-state index is 12.9. The van der Waals surface area contributed by atoms with E-state index in [1.807, 2.05) is 0 Å². The fourth-order valence-electron chi connectivity index (χ4n) is 4.07. The Balaban J connectivity index is 1.53. The van der Waals surface area contributed by atoms with Crippen LogP contribution in [0.25, 0.3) is 0 Å². The highest BCUT2D eigenvalue weighted by Gasteiger charge is 2.35. The van der Waals surface area contributed by atoms with Crippen LogP contribution < -0.4 is 5.69 Å². The van der Waals surface area contributed by atoms with Crippen LogP contribution in [0.15, 0.2) is 29.1 Å². The van der Waals surface area contributed by atoms with Gasteiger partial charge in [0.15, 0.2) is 0 Å². The molecule has 1 atom stereocenters. The molecule has 1 aliphatic carbocycles. The first-order chi connectivity index (χ1) is 14.8. The Bertz CT molecular complexity index is 993. The van der Waals surface area contributed by atoms with Crippen LogP contribution in [0.1, 0.15) is 59.4 Å². The second kappa shape index (κ2) is 8.49. The van der Waals surface area contributed by atoms with Crippen molar-refractivity contribution < 1.29 is 22.7 Å². The zero-order chi connectivity index (χ0) is 22.2. The van der Waals surface area contributed by atoms with E-state index in [2.05, 4.69) is 5.10 Å². The first kappa shape index (κ1) is 21.6. The van der Waals surface area contributed by atoms with E-state index in [1.54, 1.807) is 16.6 Å². The summed E-state index contributed by atoms with van der Waals surface area (Å²) in [6.45, 7) is 1.65. The predicted molar refractivity (Wildman–Crippen MR) is 106 cm³/mol. The lowest BCUT2D eigenvalue weighted by molar-refractivity contribution is -0.137. The molecule has 0 radical (unpaired) electrons. The number of halogens is 3. The second-order valence-corrected chi connectivity index (χ2v) is 8.12. The molecular formula is C21H25F3N4O3. The highest BCUT2D eigenvalue weighted by molar-refractivity contribution is 5.94. The van der Waals surface area contributed by atoms with Gasteiger partial charge < -0.3 is 9.64 Å². The summed E-state index contributed by atoms with van der Waals surface area (Å²) in [4.78, 5) is 27.4. The van der Waals surface area contributed by atoms with Crippen LogP contribution in [0.5, 0.6) is 0 Å². The molecule has 1 unspecified atom stereocenters. The number of nitrogens with zero attached hydrogens (tertiary/aromatic N) is 4. The van der Waals surface area contributed by atoms with E-state index >= 15 is 0 Å². The average molecular weight is 438 g/mol. The number of ether oxygens (including phenoxy) is 1. The average Bonchev–Trinajstić information content (AvgIpc) is 3.54. The SMILES string of the molecule is COCCn1nc(C2CCCN(C(=O)c3ccc(C(F)(F)F)cc3)C2)n(C2CC2)c1=O. The molecule has 1 amide bonds. The molecule has 1 saturated carbocycles. The number of carbonyl (C=O) groups excluding carboxylic acids is 1. The van der Waals surface area contributed by atoms with Crippen molar-refractivity contribution in [2.45, 2.75) is 50.4 Å².